The molecule has 2 rings (SSSR count). The summed E-state index contributed by atoms with van der Waals surface area (Å²) in [4.78, 5) is 0. The first kappa shape index (κ1) is 15.7. The van der Waals surface area contributed by atoms with Crippen molar-refractivity contribution in [3.8, 4) is 0 Å². The molecule has 0 unspecified atom stereocenters. The smallest absolute Gasteiger partial charge is 0.157 e. The number of aryl methyl sites for hydroxylation is 1. The van der Waals surface area contributed by atoms with Crippen LogP contribution in [0.4, 0.5) is 0 Å². The average Bonchev–Trinajstić information content (AvgIpc) is 2.41. The summed E-state index contributed by atoms with van der Waals surface area (Å²) in [6, 6.07) is 16.3. The molecule has 0 aromatic heterocycles. The lowest BCUT2D eigenvalue weighted by atomic mass is 9.99. The highest BCUT2D eigenvalue weighted by Gasteiger charge is 2.30. The molecule has 1 N–H and O–H groups in total. The Morgan fingerprint density at radius 3 is 2.14 bits per heavy atom. The van der Waals surface area contributed by atoms with Gasteiger partial charge in [-0.05, 0) is 25.0 Å². The van der Waals surface area contributed by atoms with E-state index in [9.17, 15) is 13.5 Å². The molecule has 0 bridgehead atoms. The van der Waals surface area contributed by atoms with Crippen LogP contribution in [0.3, 0.4) is 0 Å². The molecule has 0 fully saturated rings. The van der Waals surface area contributed by atoms with E-state index in [0.29, 0.717) is 5.56 Å². The fourth-order valence-electron chi connectivity index (χ4n) is 2.30. The van der Waals surface area contributed by atoms with E-state index < -0.39 is 15.4 Å². The number of hydrogen-bond donors (Lipinski definition) is 1. The monoisotopic (exact) mass is 304 g/mol. The van der Waals surface area contributed by atoms with Crippen molar-refractivity contribution in [2.75, 3.05) is 5.75 Å². The predicted molar refractivity (Wildman–Crippen MR) is 84.7 cm³/mol. The van der Waals surface area contributed by atoms with Gasteiger partial charge in [-0.1, -0.05) is 60.2 Å². The van der Waals surface area contributed by atoms with E-state index >= 15 is 0 Å². The van der Waals surface area contributed by atoms with Gasteiger partial charge in [-0.15, -0.1) is 0 Å². The Bertz CT molecular complexity index is 687. The van der Waals surface area contributed by atoms with Crippen LogP contribution in [0, 0.1) is 6.92 Å². The van der Waals surface area contributed by atoms with E-state index in [-0.39, 0.29) is 11.5 Å². The van der Waals surface area contributed by atoms with Crippen molar-refractivity contribution in [2.45, 2.75) is 25.2 Å². The maximum Gasteiger partial charge on any atom is 0.157 e. The largest absolute Gasteiger partial charge is 0.384 e. The zero-order chi connectivity index (χ0) is 15.5. The average molecular weight is 304 g/mol. The summed E-state index contributed by atoms with van der Waals surface area (Å²) in [5, 5.41) is 10.5. The van der Waals surface area contributed by atoms with Crippen molar-refractivity contribution >= 4 is 9.84 Å². The molecule has 0 saturated heterocycles. The first-order valence-corrected chi connectivity index (χ1v) is 8.64. The molecule has 1 atom stereocenters. The van der Waals surface area contributed by atoms with Crippen LogP contribution in [0.1, 0.15) is 23.6 Å². The molecule has 0 heterocycles. The van der Waals surface area contributed by atoms with Crippen molar-refractivity contribution in [1.82, 2.24) is 0 Å². The summed E-state index contributed by atoms with van der Waals surface area (Å²) in [7, 11) is -3.40. The molecule has 0 aliphatic rings. The molecule has 4 heteroatoms. The van der Waals surface area contributed by atoms with Crippen LogP contribution in [0.25, 0.3) is 0 Å². The quantitative estimate of drug-likeness (QED) is 0.924. The Labute approximate surface area is 126 Å². The molecular formula is C17H20O3S. The summed E-state index contributed by atoms with van der Waals surface area (Å²) >= 11 is 0. The number of aliphatic hydroxyl groups is 1. The lowest BCUT2D eigenvalue weighted by Gasteiger charge is -2.23. The molecule has 0 aliphatic heterocycles. The molecule has 21 heavy (non-hydrogen) atoms. The summed E-state index contributed by atoms with van der Waals surface area (Å²) in [6.07, 6.45) is 0. The zero-order valence-corrected chi connectivity index (χ0v) is 13.1. The zero-order valence-electron chi connectivity index (χ0n) is 12.3. The molecule has 2 aromatic carbocycles. The first-order chi connectivity index (χ1) is 9.78. The van der Waals surface area contributed by atoms with E-state index in [1.165, 1.54) is 6.92 Å². The maximum atomic E-state index is 12.3. The Morgan fingerprint density at radius 1 is 1.00 bits per heavy atom. The number of sulfone groups is 1. The van der Waals surface area contributed by atoms with Crippen molar-refractivity contribution in [2.24, 2.45) is 0 Å². The van der Waals surface area contributed by atoms with Crippen LogP contribution in [-0.2, 0) is 21.2 Å². The third-order valence-corrected chi connectivity index (χ3v) is 5.18. The maximum absolute atomic E-state index is 12.3. The molecule has 3 nitrogen and oxygen atoms in total. The Kier molecular flexibility index (Phi) is 4.49. The molecule has 0 saturated carbocycles. The Hall–Kier alpha value is -1.65. The highest BCUT2D eigenvalue weighted by atomic mass is 32.2. The van der Waals surface area contributed by atoms with Gasteiger partial charge < -0.3 is 5.11 Å². The van der Waals surface area contributed by atoms with Gasteiger partial charge >= 0.3 is 0 Å². The van der Waals surface area contributed by atoms with Gasteiger partial charge in [-0.2, -0.15) is 0 Å². The van der Waals surface area contributed by atoms with E-state index in [1.54, 1.807) is 24.3 Å². The van der Waals surface area contributed by atoms with Crippen LogP contribution in [0.2, 0.25) is 0 Å². The van der Waals surface area contributed by atoms with Gasteiger partial charge in [0.15, 0.2) is 9.84 Å². The second kappa shape index (κ2) is 6.00. The molecule has 0 amide bonds. The van der Waals surface area contributed by atoms with Gasteiger partial charge in [-0.25, -0.2) is 8.42 Å². The SMILES string of the molecule is Cc1ccc(CS(=O)(=O)C[C@@](C)(O)c2ccccc2)cc1. The minimum Gasteiger partial charge on any atom is -0.384 e. The Morgan fingerprint density at radius 2 is 1.57 bits per heavy atom. The van der Waals surface area contributed by atoms with Crippen molar-refractivity contribution in [1.29, 1.82) is 0 Å². The van der Waals surface area contributed by atoms with Gasteiger partial charge in [0.2, 0.25) is 0 Å². The molecular weight excluding hydrogens is 284 g/mol. The highest BCUT2D eigenvalue weighted by Crippen LogP contribution is 2.23. The Balaban J connectivity index is 2.15. The molecule has 112 valence electrons. The van der Waals surface area contributed by atoms with Crippen molar-refractivity contribution < 1.29 is 13.5 Å². The lowest BCUT2D eigenvalue weighted by Crippen LogP contribution is -2.31. The minimum atomic E-state index is -3.40. The van der Waals surface area contributed by atoms with Gasteiger partial charge in [0, 0.05) is 0 Å². The van der Waals surface area contributed by atoms with E-state index in [1.807, 2.05) is 37.3 Å². The summed E-state index contributed by atoms with van der Waals surface area (Å²) in [5.41, 5.74) is 1.06. The number of benzene rings is 2. The fourth-order valence-corrected chi connectivity index (χ4v) is 4.12. The number of rotatable bonds is 5. The summed E-state index contributed by atoms with van der Waals surface area (Å²) in [6.45, 7) is 3.49. The third-order valence-electron chi connectivity index (χ3n) is 3.40. The van der Waals surface area contributed by atoms with Crippen LogP contribution in [0.5, 0.6) is 0 Å². The highest BCUT2D eigenvalue weighted by molar-refractivity contribution is 7.90. The first-order valence-electron chi connectivity index (χ1n) is 6.82. The second-order valence-electron chi connectivity index (χ2n) is 5.66. The van der Waals surface area contributed by atoms with Crippen molar-refractivity contribution in [3.05, 3.63) is 71.3 Å². The van der Waals surface area contributed by atoms with E-state index in [4.69, 9.17) is 0 Å². The third kappa shape index (κ3) is 4.41. The molecule has 0 aliphatic carbocycles. The van der Waals surface area contributed by atoms with Crippen LogP contribution >= 0.6 is 0 Å². The van der Waals surface area contributed by atoms with Crippen molar-refractivity contribution in [3.63, 3.8) is 0 Å². The summed E-state index contributed by atoms with van der Waals surface area (Å²) < 4.78 is 24.6. The van der Waals surface area contributed by atoms with Gasteiger partial charge in [0.1, 0.15) is 5.60 Å². The van der Waals surface area contributed by atoms with Crippen LogP contribution in [-0.4, -0.2) is 19.3 Å². The second-order valence-corrected chi connectivity index (χ2v) is 7.72. The van der Waals surface area contributed by atoms with E-state index in [2.05, 4.69) is 0 Å². The van der Waals surface area contributed by atoms with Gasteiger partial charge in [0.05, 0.1) is 11.5 Å². The normalized spacial score (nSPS) is 14.6. The van der Waals surface area contributed by atoms with Gasteiger partial charge in [-0.3, -0.25) is 0 Å². The van der Waals surface area contributed by atoms with E-state index in [0.717, 1.165) is 11.1 Å². The van der Waals surface area contributed by atoms with Gasteiger partial charge in [0.25, 0.3) is 0 Å². The topological polar surface area (TPSA) is 54.4 Å². The summed E-state index contributed by atoms with van der Waals surface area (Å²) in [5.74, 6) is -0.353. The standard InChI is InChI=1S/C17H20O3S/c1-14-8-10-15(11-9-14)12-21(19,20)13-17(2,18)16-6-4-3-5-7-16/h3-11,18H,12-13H2,1-2H3/t17-/m1/s1. The molecule has 2 aromatic rings. The minimum absolute atomic E-state index is 0.0593. The fraction of sp³-hybridized carbons (Fsp3) is 0.294. The number of hydrogen-bond acceptors (Lipinski definition) is 3. The van der Waals surface area contributed by atoms with Crippen LogP contribution in [0.15, 0.2) is 54.6 Å². The molecule has 0 radical (unpaired) electrons. The molecule has 0 spiro atoms. The predicted octanol–water partition coefficient (Wildman–Crippen LogP) is 2.82. The van der Waals surface area contributed by atoms with Crippen LogP contribution < -0.4 is 0 Å². The lowest BCUT2D eigenvalue weighted by molar-refractivity contribution is 0.0819.